The van der Waals surface area contributed by atoms with Crippen LogP contribution in [0.4, 0.5) is 5.69 Å². The van der Waals surface area contributed by atoms with Gasteiger partial charge in [0, 0.05) is 0 Å². The Morgan fingerprint density at radius 2 is 2.00 bits per heavy atom. The van der Waals surface area contributed by atoms with E-state index in [4.69, 9.17) is 14.6 Å². The third-order valence-corrected chi connectivity index (χ3v) is 5.04. The summed E-state index contributed by atoms with van der Waals surface area (Å²) in [5, 5.41) is 12.3. The molecule has 0 bridgehead atoms. The first kappa shape index (κ1) is 20.5. The van der Waals surface area contributed by atoms with Crippen LogP contribution in [0.2, 0.25) is 0 Å². The van der Waals surface area contributed by atoms with E-state index >= 15 is 0 Å². The van der Waals surface area contributed by atoms with Gasteiger partial charge in [-0.25, -0.2) is 9.79 Å². The summed E-state index contributed by atoms with van der Waals surface area (Å²) in [6.07, 6.45) is 0.706. The van der Waals surface area contributed by atoms with E-state index in [0.29, 0.717) is 27.1 Å². The molecule has 0 aromatic heterocycles. The number of carbonyl (C=O) groups is 2. The Balaban J connectivity index is 1.82. The number of carboxylic acids is 1. The third-order valence-electron chi connectivity index (χ3n) is 4.13. The lowest BCUT2D eigenvalue weighted by Gasteiger charge is -2.14. The van der Waals surface area contributed by atoms with Crippen molar-refractivity contribution in [3.8, 4) is 11.5 Å². The molecule has 1 fully saturated rings. The molecule has 1 aliphatic rings. The van der Waals surface area contributed by atoms with Gasteiger partial charge in [-0.05, 0) is 61.0 Å². The molecule has 0 radical (unpaired) electrons. The average molecular weight is 412 g/mol. The Bertz CT molecular complexity index is 1020. The third kappa shape index (κ3) is 4.97. The number of aliphatic imine (C=N–C) groups is 1. The van der Waals surface area contributed by atoms with E-state index in [-0.39, 0.29) is 5.91 Å². The Hall–Kier alpha value is -3.26. The van der Waals surface area contributed by atoms with Crippen LogP contribution in [-0.2, 0) is 9.59 Å². The van der Waals surface area contributed by atoms with Gasteiger partial charge in [0.25, 0.3) is 5.91 Å². The number of hydrogen-bond donors (Lipinski definition) is 2. The molecule has 1 heterocycles. The molecule has 1 saturated heterocycles. The standard InChI is InChI=1S/C21H20N2O5S/c1-12-6-4-5-7-15(12)22-21-23-19(24)18(29-21)11-14-8-9-16(17(10-14)27-3)28-13(2)20(25)26/h4-11,13H,1-3H3,(H,25,26)(H,22,23,24)/b18-11-/t13-/m0/s1. The van der Waals surface area contributed by atoms with Crippen molar-refractivity contribution < 1.29 is 24.2 Å². The quantitative estimate of drug-likeness (QED) is 0.702. The summed E-state index contributed by atoms with van der Waals surface area (Å²) in [4.78, 5) is 28.3. The predicted molar refractivity (Wildman–Crippen MR) is 113 cm³/mol. The molecule has 2 aromatic rings. The topological polar surface area (TPSA) is 97.2 Å². The molecule has 2 N–H and O–H groups in total. The number of amides is 1. The van der Waals surface area contributed by atoms with Crippen LogP contribution in [0.1, 0.15) is 18.1 Å². The first-order valence-electron chi connectivity index (χ1n) is 8.80. The minimum Gasteiger partial charge on any atom is -0.493 e. The molecule has 150 valence electrons. The number of thioether (sulfide) groups is 1. The van der Waals surface area contributed by atoms with Gasteiger partial charge < -0.3 is 19.9 Å². The van der Waals surface area contributed by atoms with E-state index in [1.807, 2.05) is 31.2 Å². The van der Waals surface area contributed by atoms with Gasteiger partial charge in [0.15, 0.2) is 22.8 Å². The van der Waals surface area contributed by atoms with Crippen molar-refractivity contribution in [3.63, 3.8) is 0 Å². The van der Waals surface area contributed by atoms with Crippen molar-refractivity contribution in [1.29, 1.82) is 0 Å². The number of amidine groups is 1. The molecule has 0 spiro atoms. The molecule has 1 aliphatic heterocycles. The highest BCUT2D eigenvalue weighted by molar-refractivity contribution is 8.18. The second kappa shape index (κ2) is 8.83. The maximum Gasteiger partial charge on any atom is 0.344 e. The minimum atomic E-state index is -1.07. The van der Waals surface area contributed by atoms with Crippen LogP contribution in [0, 0.1) is 6.92 Å². The van der Waals surface area contributed by atoms with E-state index < -0.39 is 12.1 Å². The number of aliphatic carboxylic acids is 1. The number of nitrogens with zero attached hydrogens (tertiary/aromatic N) is 1. The zero-order valence-corrected chi connectivity index (χ0v) is 16.9. The number of ether oxygens (including phenoxy) is 2. The number of methoxy groups -OCH3 is 1. The predicted octanol–water partition coefficient (Wildman–Crippen LogP) is 3.75. The van der Waals surface area contributed by atoms with E-state index in [1.165, 1.54) is 25.8 Å². The summed E-state index contributed by atoms with van der Waals surface area (Å²) in [6, 6.07) is 12.7. The molecule has 0 saturated carbocycles. The smallest absolute Gasteiger partial charge is 0.344 e. The fourth-order valence-electron chi connectivity index (χ4n) is 2.54. The molecule has 3 rings (SSSR count). The highest BCUT2D eigenvalue weighted by Crippen LogP contribution is 2.33. The summed E-state index contributed by atoms with van der Waals surface area (Å²) in [5.74, 6) is -0.613. The van der Waals surface area contributed by atoms with Gasteiger partial charge in [-0.1, -0.05) is 24.3 Å². The lowest BCUT2D eigenvalue weighted by atomic mass is 10.2. The maximum absolute atomic E-state index is 12.3. The normalized spacial score (nSPS) is 17.3. The van der Waals surface area contributed by atoms with Crippen molar-refractivity contribution in [3.05, 3.63) is 58.5 Å². The van der Waals surface area contributed by atoms with Crippen molar-refractivity contribution in [1.82, 2.24) is 5.32 Å². The van der Waals surface area contributed by atoms with Gasteiger partial charge in [-0.2, -0.15) is 0 Å². The fourth-order valence-corrected chi connectivity index (χ4v) is 3.38. The highest BCUT2D eigenvalue weighted by atomic mass is 32.2. The van der Waals surface area contributed by atoms with Gasteiger partial charge >= 0.3 is 5.97 Å². The van der Waals surface area contributed by atoms with Crippen molar-refractivity contribution in [2.24, 2.45) is 4.99 Å². The van der Waals surface area contributed by atoms with Crippen LogP contribution >= 0.6 is 11.8 Å². The van der Waals surface area contributed by atoms with Crippen LogP contribution in [0.3, 0.4) is 0 Å². The monoisotopic (exact) mass is 412 g/mol. The van der Waals surface area contributed by atoms with Crippen LogP contribution < -0.4 is 14.8 Å². The largest absolute Gasteiger partial charge is 0.493 e. The SMILES string of the molecule is COc1cc(/C=C2\SC(=Nc3ccccc3C)NC2=O)ccc1O[C@@H](C)C(=O)O. The zero-order chi connectivity index (χ0) is 21.0. The van der Waals surface area contributed by atoms with Gasteiger partial charge in [0.2, 0.25) is 0 Å². The molecule has 0 unspecified atom stereocenters. The van der Waals surface area contributed by atoms with E-state index in [2.05, 4.69) is 10.3 Å². The second-order valence-electron chi connectivity index (χ2n) is 6.28. The molecule has 0 aliphatic carbocycles. The van der Waals surface area contributed by atoms with Crippen LogP contribution in [0.5, 0.6) is 11.5 Å². The molecular weight excluding hydrogens is 392 g/mol. The van der Waals surface area contributed by atoms with E-state index in [1.54, 1.807) is 24.3 Å². The van der Waals surface area contributed by atoms with Crippen molar-refractivity contribution in [2.75, 3.05) is 7.11 Å². The molecule has 7 nitrogen and oxygen atoms in total. The molecular formula is C21H20N2O5S. The lowest BCUT2D eigenvalue weighted by Crippen LogP contribution is -2.23. The van der Waals surface area contributed by atoms with Gasteiger partial charge in [-0.3, -0.25) is 4.79 Å². The van der Waals surface area contributed by atoms with Crippen LogP contribution in [0.25, 0.3) is 6.08 Å². The van der Waals surface area contributed by atoms with Gasteiger partial charge in [0.05, 0.1) is 17.7 Å². The van der Waals surface area contributed by atoms with Crippen LogP contribution in [0.15, 0.2) is 52.4 Å². The van der Waals surface area contributed by atoms with Crippen LogP contribution in [-0.4, -0.2) is 35.4 Å². The number of nitrogens with one attached hydrogen (secondary N) is 1. The van der Waals surface area contributed by atoms with Crippen molar-refractivity contribution in [2.45, 2.75) is 20.0 Å². The Labute approximate surface area is 172 Å². The fraction of sp³-hybridized carbons (Fsp3) is 0.190. The number of carbonyl (C=O) groups excluding carboxylic acids is 1. The molecule has 8 heteroatoms. The Morgan fingerprint density at radius 1 is 1.24 bits per heavy atom. The first-order chi connectivity index (χ1) is 13.9. The van der Waals surface area contributed by atoms with E-state index in [9.17, 15) is 9.59 Å². The Morgan fingerprint density at radius 3 is 2.69 bits per heavy atom. The summed E-state index contributed by atoms with van der Waals surface area (Å²) in [7, 11) is 1.47. The van der Waals surface area contributed by atoms with Crippen molar-refractivity contribution >= 4 is 40.6 Å². The molecule has 1 amide bonds. The average Bonchev–Trinajstić information content (AvgIpc) is 3.03. The number of hydrogen-bond acceptors (Lipinski definition) is 6. The first-order valence-corrected chi connectivity index (χ1v) is 9.61. The number of para-hydroxylation sites is 1. The maximum atomic E-state index is 12.3. The lowest BCUT2D eigenvalue weighted by molar-refractivity contribution is -0.144. The summed E-state index contributed by atoms with van der Waals surface area (Å²) in [6.45, 7) is 3.39. The molecule has 1 atom stereocenters. The highest BCUT2D eigenvalue weighted by Gasteiger charge is 2.24. The number of benzene rings is 2. The summed E-state index contributed by atoms with van der Waals surface area (Å²) in [5.41, 5.74) is 2.53. The van der Waals surface area contributed by atoms with E-state index in [0.717, 1.165) is 11.3 Å². The molecule has 29 heavy (non-hydrogen) atoms. The number of rotatable bonds is 6. The number of carboxylic acid groups (broad SMARTS) is 1. The minimum absolute atomic E-state index is 0.235. The summed E-state index contributed by atoms with van der Waals surface area (Å²) >= 11 is 1.25. The number of aryl methyl sites for hydroxylation is 1. The van der Waals surface area contributed by atoms with Gasteiger partial charge in [0.1, 0.15) is 0 Å². The second-order valence-corrected chi connectivity index (χ2v) is 7.31. The Kier molecular flexibility index (Phi) is 6.23. The summed E-state index contributed by atoms with van der Waals surface area (Å²) < 4.78 is 10.7. The molecule has 2 aromatic carbocycles. The zero-order valence-electron chi connectivity index (χ0n) is 16.1. The van der Waals surface area contributed by atoms with Gasteiger partial charge in [-0.15, -0.1) is 0 Å².